The third-order valence-electron chi connectivity index (χ3n) is 8.11. The predicted octanol–water partition coefficient (Wildman–Crippen LogP) is 4.19. The van der Waals surface area contributed by atoms with Gasteiger partial charge in [0.1, 0.15) is 11.8 Å². The maximum atomic E-state index is 13.7. The number of aromatic nitrogens is 5. The van der Waals surface area contributed by atoms with Gasteiger partial charge in [0.2, 0.25) is 0 Å². The van der Waals surface area contributed by atoms with E-state index in [1.807, 2.05) is 29.8 Å². The Morgan fingerprint density at radius 2 is 1.85 bits per heavy atom. The number of piperazine rings is 1. The number of H-pyrrole nitrogens is 1. The number of fused-ring (bicyclic) bond motifs is 1. The standard InChI is InChI=1S/C30H39N7O2/c1-7-30(4,5)37-28(32-33-34-37)27(25-18-23-16-20(2)15-21(3)26(23)31-29(25)38)36-13-11-35(12-14-36)19-22-9-8-10-24(17-22)39-6/h8-10,15-18,27H,7,11-14,19H2,1-6H3,(H,31,38)/t27-/m0/s1. The molecule has 9 heteroatoms. The van der Waals surface area contributed by atoms with Gasteiger partial charge in [0.05, 0.1) is 18.2 Å². The van der Waals surface area contributed by atoms with Crippen molar-refractivity contribution in [3.05, 3.63) is 80.9 Å². The molecule has 1 N–H and O–H groups in total. The van der Waals surface area contributed by atoms with E-state index in [1.165, 1.54) is 5.56 Å². The van der Waals surface area contributed by atoms with Crippen molar-refractivity contribution in [1.29, 1.82) is 0 Å². The van der Waals surface area contributed by atoms with Crippen molar-refractivity contribution in [3.8, 4) is 5.75 Å². The van der Waals surface area contributed by atoms with Gasteiger partial charge in [0.15, 0.2) is 5.82 Å². The summed E-state index contributed by atoms with van der Waals surface area (Å²) in [6, 6.07) is 14.1. The fourth-order valence-corrected chi connectivity index (χ4v) is 5.56. The molecule has 4 aromatic rings. The SMILES string of the molecule is CCC(C)(C)n1nnnc1[C@H](c1cc2cc(C)cc(C)c2[nH]c1=O)N1CCN(Cc2cccc(OC)c2)CC1. The van der Waals surface area contributed by atoms with Crippen molar-refractivity contribution in [2.24, 2.45) is 0 Å². The summed E-state index contributed by atoms with van der Waals surface area (Å²) >= 11 is 0. The summed E-state index contributed by atoms with van der Waals surface area (Å²) in [5.41, 5.74) is 4.63. The first kappa shape index (κ1) is 27.0. The van der Waals surface area contributed by atoms with Crippen LogP contribution in [0.25, 0.3) is 10.9 Å². The molecule has 0 bridgehead atoms. The number of hydrogen-bond acceptors (Lipinski definition) is 7. The Bertz CT molecular complexity index is 1520. The summed E-state index contributed by atoms with van der Waals surface area (Å²) in [5.74, 6) is 1.58. The Morgan fingerprint density at radius 1 is 1.08 bits per heavy atom. The van der Waals surface area contributed by atoms with E-state index in [4.69, 9.17) is 4.74 Å². The van der Waals surface area contributed by atoms with Crippen molar-refractivity contribution in [3.63, 3.8) is 0 Å². The van der Waals surface area contributed by atoms with Crippen LogP contribution in [0.1, 0.15) is 61.3 Å². The maximum absolute atomic E-state index is 13.7. The van der Waals surface area contributed by atoms with Gasteiger partial charge in [-0.2, -0.15) is 0 Å². The zero-order valence-corrected chi connectivity index (χ0v) is 23.9. The highest BCUT2D eigenvalue weighted by Crippen LogP contribution is 2.32. The number of nitrogens with zero attached hydrogens (tertiary/aromatic N) is 6. The van der Waals surface area contributed by atoms with Crippen LogP contribution < -0.4 is 10.3 Å². The largest absolute Gasteiger partial charge is 0.497 e. The number of aromatic amines is 1. The highest BCUT2D eigenvalue weighted by atomic mass is 16.5. The van der Waals surface area contributed by atoms with Crippen LogP contribution in [0, 0.1) is 13.8 Å². The minimum atomic E-state index is -0.362. The molecule has 1 aliphatic heterocycles. The molecule has 0 radical (unpaired) electrons. The summed E-state index contributed by atoms with van der Waals surface area (Å²) < 4.78 is 7.31. The molecule has 1 atom stereocenters. The summed E-state index contributed by atoms with van der Waals surface area (Å²) in [5, 5.41) is 14.0. The second-order valence-corrected chi connectivity index (χ2v) is 11.3. The van der Waals surface area contributed by atoms with Gasteiger partial charge >= 0.3 is 0 Å². The number of rotatable bonds is 8. The third-order valence-corrected chi connectivity index (χ3v) is 8.11. The first-order valence-electron chi connectivity index (χ1n) is 13.7. The minimum absolute atomic E-state index is 0.0953. The summed E-state index contributed by atoms with van der Waals surface area (Å²) in [6.07, 6.45) is 0.860. The number of aryl methyl sites for hydroxylation is 2. The van der Waals surface area contributed by atoms with E-state index in [0.29, 0.717) is 11.4 Å². The monoisotopic (exact) mass is 529 g/mol. The van der Waals surface area contributed by atoms with Crippen molar-refractivity contribution >= 4 is 10.9 Å². The lowest BCUT2D eigenvalue weighted by atomic mass is 9.98. The molecular weight excluding hydrogens is 490 g/mol. The first-order chi connectivity index (χ1) is 18.7. The predicted molar refractivity (Wildman–Crippen MR) is 153 cm³/mol. The molecule has 1 aliphatic rings. The minimum Gasteiger partial charge on any atom is -0.497 e. The van der Waals surface area contributed by atoms with Crippen LogP contribution in [0.15, 0.2) is 47.3 Å². The Labute approximate surface area is 229 Å². The second kappa shape index (κ2) is 10.9. The lowest BCUT2D eigenvalue weighted by Crippen LogP contribution is -2.49. The van der Waals surface area contributed by atoms with Gasteiger partial charge in [-0.25, -0.2) is 4.68 Å². The molecule has 3 heterocycles. The third kappa shape index (κ3) is 5.46. The quantitative estimate of drug-likeness (QED) is 0.366. The molecule has 1 fully saturated rings. The van der Waals surface area contributed by atoms with Crippen LogP contribution in [0.2, 0.25) is 0 Å². The van der Waals surface area contributed by atoms with Crippen LogP contribution in [0.4, 0.5) is 0 Å². The topological polar surface area (TPSA) is 92.2 Å². The summed E-state index contributed by atoms with van der Waals surface area (Å²) in [6.45, 7) is 14.7. The molecule has 0 saturated carbocycles. The fourth-order valence-electron chi connectivity index (χ4n) is 5.56. The number of methoxy groups -OCH3 is 1. The number of benzene rings is 2. The number of pyridine rings is 1. The van der Waals surface area contributed by atoms with Crippen molar-refractivity contribution in [2.45, 2.75) is 59.2 Å². The molecule has 1 saturated heterocycles. The Hall–Kier alpha value is -3.56. The van der Waals surface area contributed by atoms with Gasteiger partial charge < -0.3 is 9.72 Å². The molecule has 5 rings (SSSR count). The molecule has 0 aliphatic carbocycles. The van der Waals surface area contributed by atoms with Gasteiger partial charge in [0, 0.05) is 38.3 Å². The highest BCUT2D eigenvalue weighted by Gasteiger charge is 2.35. The second-order valence-electron chi connectivity index (χ2n) is 11.3. The first-order valence-corrected chi connectivity index (χ1v) is 13.7. The number of ether oxygens (including phenoxy) is 1. The molecule has 0 spiro atoms. The van der Waals surface area contributed by atoms with E-state index < -0.39 is 0 Å². The van der Waals surface area contributed by atoms with E-state index in [2.05, 4.69) is 82.3 Å². The Kier molecular flexibility index (Phi) is 7.55. The van der Waals surface area contributed by atoms with Crippen LogP contribution in [-0.4, -0.2) is 68.3 Å². The van der Waals surface area contributed by atoms with Gasteiger partial charge in [0.25, 0.3) is 5.56 Å². The van der Waals surface area contributed by atoms with Crippen LogP contribution in [0.5, 0.6) is 5.75 Å². The van der Waals surface area contributed by atoms with E-state index in [9.17, 15) is 4.79 Å². The maximum Gasteiger partial charge on any atom is 0.253 e. The van der Waals surface area contributed by atoms with Crippen LogP contribution in [0.3, 0.4) is 0 Å². The average molecular weight is 530 g/mol. The Morgan fingerprint density at radius 3 is 2.56 bits per heavy atom. The van der Waals surface area contributed by atoms with Gasteiger partial charge in [-0.3, -0.25) is 14.6 Å². The van der Waals surface area contributed by atoms with Crippen molar-refractivity contribution in [1.82, 2.24) is 35.0 Å². The zero-order chi connectivity index (χ0) is 27.7. The number of nitrogens with one attached hydrogen (secondary N) is 1. The normalized spacial score (nSPS) is 16.1. The highest BCUT2D eigenvalue weighted by molar-refractivity contribution is 5.83. The molecule has 39 heavy (non-hydrogen) atoms. The van der Waals surface area contributed by atoms with Crippen LogP contribution in [-0.2, 0) is 12.1 Å². The number of hydrogen-bond donors (Lipinski definition) is 1. The fraction of sp³-hybridized carbons (Fsp3) is 0.467. The van der Waals surface area contributed by atoms with Gasteiger partial charge in [-0.1, -0.05) is 30.7 Å². The molecule has 0 amide bonds. The van der Waals surface area contributed by atoms with E-state index >= 15 is 0 Å². The van der Waals surface area contributed by atoms with Crippen molar-refractivity contribution in [2.75, 3.05) is 33.3 Å². The molecular formula is C30H39N7O2. The lowest BCUT2D eigenvalue weighted by Gasteiger charge is -2.39. The Balaban J connectivity index is 1.51. The average Bonchev–Trinajstić information content (AvgIpc) is 3.41. The summed E-state index contributed by atoms with van der Waals surface area (Å²) in [4.78, 5) is 21.6. The number of tetrazole rings is 1. The van der Waals surface area contributed by atoms with E-state index in [1.54, 1.807) is 7.11 Å². The molecule has 2 aromatic heterocycles. The zero-order valence-electron chi connectivity index (χ0n) is 23.9. The van der Waals surface area contributed by atoms with Gasteiger partial charge in [-0.05, 0) is 85.3 Å². The van der Waals surface area contributed by atoms with E-state index in [-0.39, 0.29) is 17.1 Å². The molecule has 9 nitrogen and oxygen atoms in total. The lowest BCUT2D eigenvalue weighted by molar-refractivity contribution is 0.0968. The van der Waals surface area contributed by atoms with Crippen molar-refractivity contribution < 1.29 is 4.74 Å². The smallest absolute Gasteiger partial charge is 0.253 e. The van der Waals surface area contributed by atoms with Gasteiger partial charge in [-0.15, -0.1) is 5.10 Å². The summed E-state index contributed by atoms with van der Waals surface area (Å²) in [7, 11) is 1.70. The van der Waals surface area contributed by atoms with E-state index in [0.717, 1.165) is 66.9 Å². The molecule has 206 valence electrons. The molecule has 0 unspecified atom stereocenters. The molecule has 2 aromatic carbocycles. The van der Waals surface area contributed by atoms with Crippen LogP contribution >= 0.6 is 0 Å².